The van der Waals surface area contributed by atoms with Gasteiger partial charge in [0, 0.05) is 31.1 Å². The molecule has 0 saturated carbocycles. The lowest BCUT2D eigenvalue weighted by Crippen LogP contribution is -2.54. The molecule has 1 atom stereocenters. The number of hydrogen-bond donors (Lipinski definition) is 1. The number of rotatable bonds is 5. The molecule has 1 N–H and O–H groups in total. The van der Waals surface area contributed by atoms with E-state index in [1.54, 1.807) is 23.2 Å². The number of piperazine rings is 1. The zero-order valence-electron chi connectivity index (χ0n) is 13.1. The van der Waals surface area contributed by atoms with Crippen molar-refractivity contribution in [3.63, 3.8) is 0 Å². The van der Waals surface area contributed by atoms with Gasteiger partial charge in [-0.3, -0.25) is 9.69 Å². The first-order chi connectivity index (χ1) is 10.6. The third kappa shape index (κ3) is 4.45. The van der Waals surface area contributed by atoms with Gasteiger partial charge in [0.2, 0.25) is 5.91 Å². The van der Waals surface area contributed by atoms with Crippen LogP contribution >= 0.6 is 11.3 Å². The molecule has 1 aromatic heterocycles. The molecule has 1 aromatic rings. The van der Waals surface area contributed by atoms with E-state index in [0.29, 0.717) is 39.3 Å². The molecule has 7 heteroatoms. The van der Waals surface area contributed by atoms with Crippen molar-refractivity contribution in [1.29, 1.82) is 0 Å². The van der Waals surface area contributed by atoms with E-state index in [1.807, 2.05) is 24.4 Å². The van der Waals surface area contributed by atoms with Gasteiger partial charge in [-0.25, -0.2) is 4.79 Å². The second kappa shape index (κ2) is 8.14. The van der Waals surface area contributed by atoms with Crippen molar-refractivity contribution in [3.8, 4) is 0 Å². The zero-order chi connectivity index (χ0) is 15.9. The number of carbonyl (C=O) groups excluding carboxylic acids is 2. The van der Waals surface area contributed by atoms with Crippen LogP contribution in [0.25, 0.3) is 0 Å². The zero-order valence-corrected chi connectivity index (χ0v) is 13.9. The molecule has 0 bridgehead atoms. The lowest BCUT2D eigenvalue weighted by Gasteiger charge is -2.36. The van der Waals surface area contributed by atoms with Crippen LogP contribution in [0.5, 0.6) is 0 Å². The summed E-state index contributed by atoms with van der Waals surface area (Å²) in [6, 6.07) is 3.79. The Kier molecular flexibility index (Phi) is 6.21. The average molecular weight is 325 g/mol. The second-order valence-electron chi connectivity index (χ2n) is 5.20. The lowest BCUT2D eigenvalue weighted by molar-refractivity contribution is -0.126. The van der Waals surface area contributed by atoms with E-state index in [0.717, 1.165) is 4.88 Å². The summed E-state index contributed by atoms with van der Waals surface area (Å²) in [4.78, 5) is 28.8. The van der Waals surface area contributed by atoms with Crippen molar-refractivity contribution >= 4 is 23.3 Å². The molecule has 0 spiro atoms. The summed E-state index contributed by atoms with van der Waals surface area (Å²) in [5.74, 6) is 0.0259. The Hall–Kier alpha value is -1.60. The maximum Gasteiger partial charge on any atom is 0.409 e. The van der Waals surface area contributed by atoms with E-state index in [-0.39, 0.29) is 18.0 Å². The van der Waals surface area contributed by atoms with Gasteiger partial charge in [0.1, 0.15) is 0 Å². The van der Waals surface area contributed by atoms with Crippen LogP contribution in [-0.4, -0.2) is 60.6 Å². The van der Waals surface area contributed by atoms with Crippen LogP contribution in [0.3, 0.4) is 0 Å². The van der Waals surface area contributed by atoms with Crippen LogP contribution in [0.2, 0.25) is 0 Å². The molecule has 1 saturated heterocycles. The SMILES string of the molecule is CCOC(=O)N1CCN(C(C)C(=O)NCc2cccs2)CC1. The Bertz CT molecular complexity index is 484. The van der Waals surface area contributed by atoms with Crippen LogP contribution in [0.1, 0.15) is 18.7 Å². The minimum absolute atomic E-state index is 0.0259. The van der Waals surface area contributed by atoms with E-state index in [9.17, 15) is 9.59 Å². The number of ether oxygens (including phenoxy) is 1. The average Bonchev–Trinajstić information content (AvgIpc) is 3.05. The van der Waals surface area contributed by atoms with Crippen LogP contribution in [0, 0.1) is 0 Å². The summed E-state index contributed by atoms with van der Waals surface area (Å²) in [6.07, 6.45) is -0.267. The predicted octanol–water partition coefficient (Wildman–Crippen LogP) is 1.53. The third-order valence-electron chi connectivity index (χ3n) is 3.78. The van der Waals surface area contributed by atoms with Crippen molar-refractivity contribution in [2.24, 2.45) is 0 Å². The van der Waals surface area contributed by atoms with Gasteiger partial charge >= 0.3 is 6.09 Å². The largest absolute Gasteiger partial charge is 0.450 e. The highest BCUT2D eigenvalue weighted by molar-refractivity contribution is 7.09. The maximum absolute atomic E-state index is 12.2. The summed E-state index contributed by atoms with van der Waals surface area (Å²) >= 11 is 1.63. The Morgan fingerprint density at radius 2 is 2.09 bits per heavy atom. The number of amides is 2. The van der Waals surface area contributed by atoms with Gasteiger partial charge in [-0.15, -0.1) is 11.3 Å². The molecule has 1 aliphatic heterocycles. The fraction of sp³-hybridized carbons (Fsp3) is 0.600. The van der Waals surface area contributed by atoms with E-state index in [2.05, 4.69) is 10.2 Å². The van der Waals surface area contributed by atoms with E-state index in [4.69, 9.17) is 4.74 Å². The minimum atomic E-state index is -0.267. The molecule has 1 unspecified atom stereocenters. The molecular weight excluding hydrogens is 302 g/mol. The highest BCUT2D eigenvalue weighted by Crippen LogP contribution is 2.10. The monoisotopic (exact) mass is 325 g/mol. The number of nitrogens with one attached hydrogen (secondary N) is 1. The van der Waals surface area contributed by atoms with Crippen molar-refractivity contribution < 1.29 is 14.3 Å². The molecule has 2 amide bonds. The highest BCUT2D eigenvalue weighted by Gasteiger charge is 2.27. The molecule has 0 aliphatic carbocycles. The molecule has 2 heterocycles. The third-order valence-corrected chi connectivity index (χ3v) is 4.66. The number of nitrogens with zero attached hydrogens (tertiary/aromatic N) is 2. The number of carbonyl (C=O) groups is 2. The van der Waals surface area contributed by atoms with Gasteiger partial charge in [0.15, 0.2) is 0 Å². The molecule has 6 nitrogen and oxygen atoms in total. The van der Waals surface area contributed by atoms with Gasteiger partial charge in [-0.05, 0) is 25.3 Å². The smallest absolute Gasteiger partial charge is 0.409 e. The molecular formula is C15H23N3O3S. The topological polar surface area (TPSA) is 61.9 Å². The molecule has 22 heavy (non-hydrogen) atoms. The van der Waals surface area contributed by atoms with Gasteiger partial charge in [0.05, 0.1) is 19.2 Å². The normalized spacial score (nSPS) is 17.1. The van der Waals surface area contributed by atoms with E-state index in [1.165, 1.54) is 0 Å². The van der Waals surface area contributed by atoms with Crippen LogP contribution in [0.4, 0.5) is 4.79 Å². The van der Waals surface area contributed by atoms with E-state index >= 15 is 0 Å². The summed E-state index contributed by atoms with van der Waals surface area (Å²) in [7, 11) is 0. The summed E-state index contributed by atoms with van der Waals surface area (Å²) < 4.78 is 4.99. The van der Waals surface area contributed by atoms with Gasteiger partial charge < -0.3 is 15.0 Å². The molecule has 2 rings (SSSR count). The fourth-order valence-corrected chi connectivity index (χ4v) is 3.05. The summed E-state index contributed by atoms with van der Waals surface area (Å²) in [5.41, 5.74) is 0. The van der Waals surface area contributed by atoms with Crippen molar-refractivity contribution in [3.05, 3.63) is 22.4 Å². The first-order valence-electron chi connectivity index (χ1n) is 7.57. The standard InChI is InChI=1S/C15H23N3O3S/c1-3-21-15(20)18-8-6-17(7-9-18)12(2)14(19)16-11-13-5-4-10-22-13/h4-5,10,12H,3,6-9,11H2,1-2H3,(H,16,19). The van der Waals surface area contributed by atoms with Crippen molar-refractivity contribution in [2.75, 3.05) is 32.8 Å². The van der Waals surface area contributed by atoms with Crippen LogP contribution < -0.4 is 5.32 Å². The molecule has 0 aromatic carbocycles. The Balaban J connectivity index is 1.75. The van der Waals surface area contributed by atoms with Crippen LogP contribution in [0.15, 0.2) is 17.5 Å². The summed E-state index contributed by atoms with van der Waals surface area (Å²) in [6.45, 7) is 7.24. The lowest BCUT2D eigenvalue weighted by atomic mass is 10.2. The van der Waals surface area contributed by atoms with Crippen molar-refractivity contribution in [1.82, 2.24) is 15.1 Å². The Morgan fingerprint density at radius 1 is 1.36 bits per heavy atom. The first-order valence-corrected chi connectivity index (χ1v) is 8.45. The second-order valence-corrected chi connectivity index (χ2v) is 6.23. The van der Waals surface area contributed by atoms with Gasteiger partial charge in [0.25, 0.3) is 0 Å². The Labute approximate surface area is 135 Å². The van der Waals surface area contributed by atoms with Crippen molar-refractivity contribution in [2.45, 2.75) is 26.4 Å². The quantitative estimate of drug-likeness (QED) is 0.892. The first kappa shape index (κ1) is 16.8. The van der Waals surface area contributed by atoms with Gasteiger partial charge in [-0.1, -0.05) is 6.07 Å². The predicted molar refractivity (Wildman–Crippen MR) is 85.8 cm³/mol. The highest BCUT2D eigenvalue weighted by atomic mass is 32.1. The van der Waals surface area contributed by atoms with E-state index < -0.39 is 0 Å². The number of thiophene rings is 1. The minimum Gasteiger partial charge on any atom is -0.450 e. The number of hydrogen-bond acceptors (Lipinski definition) is 5. The summed E-state index contributed by atoms with van der Waals surface area (Å²) in [5, 5.41) is 4.96. The Morgan fingerprint density at radius 3 is 2.68 bits per heavy atom. The molecule has 122 valence electrons. The fourth-order valence-electron chi connectivity index (χ4n) is 2.41. The van der Waals surface area contributed by atoms with Gasteiger partial charge in [-0.2, -0.15) is 0 Å². The molecule has 0 radical (unpaired) electrons. The maximum atomic E-state index is 12.2. The molecule has 1 aliphatic rings. The van der Waals surface area contributed by atoms with Crippen LogP contribution in [-0.2, 0) is 16.1 Å². The molecule has 1 fully saturated rings.